The van der Waals surface area contributed by atoms with Gasteiger partial charge >= 0.3 is 0 Å². The highest BCUT2D eigenvalue weighted by Gasteiger charge is 2.26. The van der Waals surface area contributed by atoms with Crippen molar-refractivity contribution in [2.75, 3.05) is 39.3 Å². The van der Waals surface area contributed by atoms with Gasteiger partial charge in [-0.3, -0.25) is 0 Å². The summed E-state index contributed by atoms with van der Waals surface area (Å²) in [5.74, 6) is 0.474. The van der Waals surface area contributed by atoms with E-state index in [1.165, 1.54) is 25.1 Å². The van der Waals surface area contributed by atoms with Crippen molar-refractivity contribution < 1.29 is 33.9 Å². The number of fused-ring (bicyclic) bond motifs is 1. The highest BCUT2D eigenvalue weighted by Crippen LogP contribution is 2.32. The molecule has 34 heavy (non-hydrogen) atoms. The zero-order valence-corrected chi connectivity index (χ0v) is 21.9. The molecule has 0 radical (unpaired) electrons. The number of rotatable bonds is 12. The SMILES string of the molecule is CCC[N+](CC)(CC)Cc1cc2c(O)c(C[N+](CC)(CC)CCC)ccc2[nH]1.O=C[O-].O=C[O-]. The number of carbonyl (C=O) groups excluding carboxylic acids is 2. The number of aromatic hydroxyl groups is 1. The minimum Gasteiger partial charge on any atom is -0.554 e. The molecule has 8 nitrogen and oxygen atoms in total. The second-order valence-electron chi connectivity index (χ2n) is 8.73. The third-order valence-electron chi connectivity index (χ3n) is 7.01. The monoisotopic (exact) mass is 479 g/mol. The van der Waals surface area contributed by atoms with Crippen LogP contribution in [-0.2, 0) is 22.7 Å². The average molecular weight is 480 g/mol. The van der Waals surface area contributed by atoms with Crippen LogP contribution in [0.15, 0.2) is 18.2 Å². The fourth-order valence-electron chi connectivity index (χ4n) is 4.86. The summed E-state index contributed by atoms with van der Waals surface area (Å²) < 4.78 is 2.13. The first-order valence-electron chi connectivity index (χ1n) is 12.4. The number of hydrogen-bond acceptors (Lipinski definition) is 5. The van der Waals surface area contributed by atoms with Crippen molar-refractivity contribution >= 4 is 23.8 Å². The van der Waals surface area contributed by atoms with Gasteiger partial charge in [0.25, 0.3) is 0 Å². The molecule has 0 spiro atoms. The number of nitrogens with one attached hydrogen (secondary N) is 1. The first kappa shape index (κ1) is 31.4. The Balaban J connectivity index is 0.00000164. The van der Waals surface area contributed by atoms with Crippen molar-refractivity contribution in [3.63, 3.8) is 0 Å². The number of phenols is 1. The average Bonchev–Trinajstić information content (AvgIpc) is 3.24. The largest absolute Gasteiger partial charge is 0.554 e. The Morgan fingerprint density at radius 1 is 0.824 bits per heavy atom. The Morgan fingerprint density at radius 2 is 1.26 bits per heavy atom. The Bertz CT molecular complexity index is 836. The van der Waals surface area contributed by atoms with Gasteiger partial charge in [0, 0.05) is 29.4 Å². The lowest BCUT2D eigenvalue weighted by atomic mass is 10.1. The summed E-state index contributed by atoms with van der Waals surface area (Å²) >= 11 is 0. The normalized spacial score (nSPS) is 11.2. The number of aromatic nitrogens is 1. The van der Waals surface area contributed by atoms with E-state index in [4.69, 9.17) is 19.8 Å². The van der Waals surface area contributed by atoms with Crippen LogP contribution in [0.3, 0.4) is 0 Å². The number of nitrogens with zero attached hydrogens (tertiary/aromatic N) is 2. The molecular formula is C26H45N3O5. The van der Waals surface area contributed by atoms with Gasteiger partial charge in [0.2, 0.25) is 0 Å². The van der Waals surface area contributed by atoms with E-state index >= 15 is 0 Å². The van der Waals surface area contributed by atoms with E-state index in [0.29, 0.717) is 5.75 Å². The third kappa shape index (κ3) is 8.65. The maximum absolute atomic E-state index is 11.1. The second kappa shape index (κ2) is 16.1. The van der Waals surface area contributed by atoms with E-state index in [-0.39, 0.29) is 0 Å². The Morgan fingerprint density at radius 3 is 1.68 bits per heavy atom. The Kier molecular flexibility index (Phi) is 14.9. The van der Waals surface area contributed by atoms with E-state index < -0.39 is 12.9 Å². The molecule has 0 saturated carbocycles. The summed E-state index contributed by atoms with van der Waals surface area (Å²) in [6.07, 6.45) is 2.37. The molecule has 8 heteroatoms. The van der Waals surface area contributed by atoms with Crippen LogP contribution in [0.5, 0.6) is 5.75 Å². The molecule has 194 valence electrons. The van der Waals surface area contributed by atoms with E-state index in [1.807, 2.05) is 0 Å². The van der Waals surface area contributed by atoms with E-state index in [9.17, 15) is 5.11 Å². The van der Waals surface area contributed by atoms with Gasteiger partial charge in [0.15, 0.2) is 0 Å². The van der Waals surface area contributed by atoms with Crippen LogP contribution in [0.4, 0.5) is 0 Å². The predicted octanol–water partition coefficient (Wildman–Crippen LogP) is 2.14. The highest BCUT2D eigenvalue weighted by molar-refractivity contribution is 5.87. The molecule has 1 aromatic heterocycles. The number of hydrogen-bond donors (Lipinski definition) is 2. The van der Waals surface area contributed by atoms with Crippen molar-refractivity contribution in [2.45, 2.75) is 67.5 Å². The fraction of sp³-hybridized carbons (Fsp3) is 0.615. The number of phenolic OH excluding ortho intramolecular Hbond substituents is 1. The molecule has 0 bridgehead atoms. The molecule has 0 unspecified atom stereocenters. The lowest BCUT2D eigenvalue weighted by Gasteiger charge is -2.37. The quantitative estimate of drug-likeness (QED) is 0.357. The van der Waals surface area contributed by atoms with Crippen LogP contribution in [0.2, 0.25) is 0 Å². The van der Waals surface area contributed by atoms with Gasteiger partial charge in [-0.2, -0.15) is 0 Å². The number of benzene rings is 1. The molecule has 0 atom stereocenters. The molecule has 0 aliphatic heterocycles. The van der Waals surface area contributed by atoms with Gasteiger partial charge in [-0.15, -0.1) is 0 Å². The van der Waals surface area contributed by atoms with Crippen LogP contribution >= 0.6 is 0 Å². The summed E-state index contributed by atoms with van der Waals surface area (Å²) in [6.45, 7) is 21.4. The van der Waals surface area contributed by atoms with Crippen molar-refractivity contribution in [1.82, 2.24) is 4.98 Å². The maximum Gasteiger partial charge on any atom is 0.133 e. The highest BCUT2D eigenvalue weighted by atomic mass is 16.3. The van der Waals surface area contributed by atoms with Gasteiger partial charge in [0.1, 0.15) is 18.8 Å². The zero-order chi connectivity index (χ0) is 26.2. The second-order valence-corrected chi connectivity index (χ2v) is 8.73. The van der Waals surface area contributed by atoms with Crippen LogP contribution in [0, 0.1) is 0 Å². The lowest BCUT2D eigenvalue weighted by molar-refractivity contribution is -0.938. The van der Waals surface area contributed by atoms with E-state index in [0.717, 1.165) is 71.2 Å². The molecule has 1 aromatic carbocycles. The smallest absolute Gasteiger partial charge is 0.133 e. The Labute approximate surface area is 205 Å². The molecule has 1 heterocycles. The third-order valence-corrected chi connectivity index (χ3v) is 7.01. The summed E-state index contributed by atoms with van der Waals surface area (Å²) in [5, 5.41) is 28.5. The molecular weight excluding hydrogens is 434 g/mol. The molecule has 0 amide bonds. The minimum atomic E-state index is -0.500. The molecule has 0 aliphatic carbocycles. The molecule has 0 saturated heterocycles. The first-order valence-corrected chi connectivity index (χ1v) is 12.4. The molecule has 0 aliphatic rings. The predicted molar refractivity (Wildman–Crippen MR) is 133 cm³/mol. The van der Waals surface area contributed by atoms with E-state index in [1.54, 1.807) is 0 Å². The Hall–Kier alpha value is -2.58. The number of carboxylic acid groups (broad SMARTS) is 2. The van der Waals surface area contributed by atoms with Gasteiger partial charge < -0.3 is 38.9 Å². The summed E-state index contributed by atoms with van der Waals surface area (Å²) in [7, 11) is 0. The van der Waals surface area contributed by atoms with Gasteiger partial charge in [-0.1, -0.05) is 13.8 Å². The summed E-state index contributed by atoms with van der Waals surface area (Å²) in [5.41, 5.74) is 3.37. The summed E-state index contributed by atoms with van der Waals surface area (Å²) in [6, 6.07) is 6.47. The van der Waals surface area contributed by atoms with Crippen LogP contribution in [0.1, 0.15) is 65.6 Å². The van der Waals surface area contributed by atoms with Gasteiger partial charge in [-0.05, 0) is 58.7 Å². The first-order chi connectivity index (χ1) is 16.2. The van der Waals surface area contributed by atoms with Crippen LogP contribution < -0.4 is 10.2 Å². The van der Waals surface area contributed by atoms with Crippen molar-refractivity contribution in [2.24, 2.45) is 0 Å². The van der Waals surface area contributed by atoms with Crippen molar-refractivity contribution in [3.05, 3.63) is 29.5 Å². The molecule has 2 rings (SSSR count). The van der Waals surface area contributed by atoms with Gasteiger partial charge in [0.05, 0.1) is 45.0 Å². The maximum atomic E-state index is 11.1. The number of aromatic amines is 1. The van der Waals surface area contributed by atoms with Crippen molar-refractivity contribution in [1.29, 1.82) is 0 Å². The number of carbonyl (C=O) groups is 2. The zero-order valence-electron chi connectivity index (χ0n) is 21.9. The number of H-pyrrole nitrogens is 1. The molecule has 2 aromatic rings. The van der Waals surface area contributed by atoms with Crippen molar-refractivity contribution in [3.8, 4) is 5.75 Å². The minimum absolute atomic E-state index is 0.474. The van der Waals surface area contributed by atoms with Crippen LogP contribution in [-0.4, -0.2) is 71.3 Å². The molecule has 2 N–H and O–H groups in total. The molecule has 0 fully saturated rings. The van der Waals surface area contributed by atoms with Gasteiger partial charge in [-0.25, -0.2) is 0 Å². The summed E-state index contributed by atoms with van der Waals surface area (Å²) in [4.78, 5) is 20.1. The van der Waals surface area contributed by atoms with Crippen LogP contribution in [0.25, 0.3) is 10.9 Å². The number of quaternary nitrogens is 2. The lowest BCUT2D eigenvalue weighted by Crippen LogP contribution is -2.47. The van der Waals surface area contributed by atoms with E-state index in [2.05, 4.69) is 64.7 Å². The fourth-order valence-corrected chi connectivity index (χ4v) is 4.86. The standard InChI is InChI=1S/C24H42N3O.2CH2O2/c1-7-15-26(9-3,10-4)18-20-13-14-23-22(24(20)28)17-21(25-23)19-27(11-5,12-6)16-8-2;2*2-1-3/h13-14,17,25H,7-12,15-16,18-19H2,1-6H3;2*1H,(H,2,3)/q+1;;/p-1. The topological polar surface area (TPSA) is 116 Å².